The molecular weight excluding hydrogens is 484 g/mol. The third kappa shape index (κ3) is 4.09. The van der Waals surface area contributed by atoms with Crippen molar-refractivity contribution in [3.63, 3.8) is 0 Å². The number of aromatic nitrogens is 4. The Balaban J connectivity index is 1.23. The second-order valence-electron chi connectivity index (χ2n) is 9.79. The highest BCUT2D eigenvalue weighted by molar-refractivity contribution is 6.28. The van der Waals surface area contributed by atoms with Crippen LogP contribution in [0.5, 0.6) is 0 Å². The minimum atomic E-state index is -0.856. The molecule has 2 aromatic heterocycles. The second kappa shape index (κ2) is 8.38. The maximum absolute atomic E-state index is 13.6. The van der Waals surface area contributed by atoms with Crippen LogP contribution in [-0.4, -0.2) is 68.2 Å². The van der Waals surface area contributed by atoms with E-state index in [1.165, 1.54) is 6.07 Å². The van der Waals surface area contributed by atoms with Crippen molar-refractivity contribution in [3.05, 3.63) is 40.7 Å². The van der Waals surface area contributed by atoms with Gasteiger partial charge in [-0.2, -0.15) is 9.97 Å². The van der Waals surface area contributed by atoms with Crippen LogP contribution in [0.25, 0.3) is 11.2 Å². The number of fused-ring (bicyclic) bond motifs is 2. The summed E-state index contributed by atoms with van der Waals surface area (Å²) in [6.07, 6.45) is 0.611. The number of halogens is 3. The van der Waals surface area contributed by atoms with Gasteiger partial charge in [0.05, 0.1) is 25.4 Å². The Labute approximate surface area is 204 Å². The summed E-state index contributed by atoms with van der Waals surface area (Å²) in [5, 5.41) is 16.0. The number of hydrogen-bond donors (Lipinski definition) is 3. The first-order valence-corrected chi connectivity index (χ1v) is 12.0. The van der Waals surface area contributed by atoms with Crippen LogP contribution < -0.4 is 5.32 Å². The van der Waals surface area contributed by atoms with Gasteiger partial charge in [0, 0.05) is 18.4 Å². The Bertz CT molecular complexity index is 1270. The minimum Gasteiger partial charge on any atom is -0.394 e. The molecule has 9 nitrogen and oxygen atoms in total. The van der Waals surface area contributed by atoms with Gasteiger partial charge in [0.1, 0.15) is 17.7 Å². The summed E-state index contributed by atoms with van der Waals surface area (Å²) in [7, 11) is 0. The number of benzene rings is 1. The summed E-state index contributed by atoms with van der Waals surface area (Å²) in [5.74, 6) is -1.85. The monoisotopic (exact) mass is 509 g/mol. The zero-order valence-corrected chi connectivity index (χ0v) is 19.9. The van der Waals surface area contributed by atoms with Crippen LogP contribution in [0, 0.1) is 11.6 Å². The molecule has 1 aromatic carbocycles. The van der Waals surface area contributed by atoms with Crippen LogP contribution >= 0.6 is 11.6 Å². The fourth-order valence-electron chi connectivity index (χ4n) is 5.33. The number of nitrogens with zero attached hydrogens (tertiary/aromatic N) is 3. The molecule has 2 saturated carbocycles. The van der Waals surface area contributed by atoms with E-state index in [4.69, 9.17) is 25.8 Å². The van der Waals surface area contributed by atoms with Crippen molar-refractivity contribution in [2.45, 2.75) is 68.8 Å². The maximum atomic E-state index is 13.6. The fraction of sp³-hybridized carbons (Fsp3) is 0.565. The molecule has 12 heteroatoms. The van der Waals surface area contributed by atoms with Crippen molar-refractivity contribution in [2.75, 3.05) is 18.5 Å². The number of hydrogen-bond acceptors (Lipinski definition) is 7. The van der Waals surface area contributed by atoms with E-state index >= 15 is 0 Å². The van der Waals surface area contributed by atoms with Gasteiger partial charge in [-0.15, -0.1) is 0 Å². The molecule has 1 aliphatic heterocycles. The zero-order valence-electron chi connectivity index (χ0n) is 19.2. The summed E-state index contributed by atoms with van der Waals surface area (Å²) >= 11 is 6.26. The first-order valence-electron chi connectivity index (χ1n) is 11.7. The molecular formula is C23H26ClF2N5O4. The molecule has 1 saturated heterocycles. The summed E-state index contributed by atoms with van der Waals surface area (Å²) in [6.45, 7) is 3.88. The first kappa shape index (κ1) is 23.1. The predicted molar refractivity (Wildman–Crippen MR) is 122 cm³/mol. The van der Waals surface area contributed by atoms with Crippen molar-refractivity contribution in [2.24, 2.45) is 0 Å². The molecule has 6 rings (SSSR count). The number of aromatic amines is 1. The topological polar surface area (TPSA) is 106 Å². The maximum Gasteiger partial charge on any atom is 0.226 e. The molecule has 35 heavy (non-hydrogen) atoms. The number of nitrogens with one attached hydrogen (secondary N) is 2. The summed E-state index contributed by atoms with van der Waals surface area (Å²) in [6, 6.07) is 3.88. The van der Waals surface area contributed by atoms with Crippen LogP contribution in [0.4, 0.5) is 14.6 Å². The zero-order chi connectivity index (χ0) is 24.5. The van der Waals surface area contributed by atoms with Gasteiger partial charge >= 0.3 is 0 Å². The molecule has 2 aliphatic carbocycles. The third-order valence-electron chi connectivity index (χ3n) is 6.95. The Morgan fingerprint density at radius 1 is 1.23 bits per heavy atom. The van der Waals surface area contributed by atoms with Crippen molar-refractivity contribution in [1.82, 2.24) is 19.7 Å². The molecule has 0 bridgehead atoms. The standard InChI is InChI=1S/C23H26ClF2N5O4/c1-23(2)34-18-15(9-16(19(18)35-23)33-6-5-32)31-21-17(30-31)20(28-22(24)29-21)27-14-8-11(14)10-3-4-12(25)13(26)7-10/h3-4,7,11,14-16,18-19,30,32H,5-6,8-9H2,1-2H3,(H,27,28,29)/t11-,14+,15+,16-,18-,19+/m0/s1. The Morgan fingerprint density at radius 2 is 2.03 bits per heavy atom. The molecule has 0 unspecified atom stereocenters. The molecule has 0 amide bonds. The summed E-state index contributed by atoms with van der Waals surface area (Å²) in [5.41, 5.74) is 2.08. The highest BCUT2D eigenvalue weighted by atomic mass is 35.5. The van der Waals surface area contributed by atoms with E-state index in [0.29, 0.717) is 23.4 Å². The van der Waals surface area contributed by atoms with Crippen molar-refractivity contribution in [3.8, 4) is 0 Å². The lowest BCUT2D eigenvalue weighted by atomic mass is 10.1. The highest BCUT2D eigenvalue weighted by Crippen LogP contribution is 2.47. The summed E-state index contributed by atoms with van der Waals surface area (Å²) in [4.78, 5) is 8.76. The molecule has 3 aliphatic rings. The lowest BCUT2D eigenvalue weighted by molar-refractivity contribution is -0.171. The molecule has 0 radical (unpaired) electrons. The van der Waals surface area contributed by atoms with Gasteiger partial charge in [-0.1, -0.05) is 6.07 Å². The van der Waals surface area contributed by atoms with Gasteiger partial charge in [0.25, 0.3) is 0 Å². The first-order chi connectivity index (χ1) is 16.7. The highest BCUT2D eigenvalue weighted by Gasteiger charge is 2.56. The van der Waals surface area contributed by atoms with Gasteiger partial charge in [-0.3, -0.25) is 9.78 Å². The molecule has 6 atom stereocenters. The molecule has 3 N–H and O–H groups in total. The number of anilines is 1. The molecule has 0 spiro atoms. The minimum absolute atomic E-state index is 0.0188. The number of rotatable bonds is 7. The van der Waals surface area contributed by atoms with Gasteiger partial charge in [0.15, 0.2) is 28.9 Å². The quantitative estimate of drug-likeness (QED) is 0.418. The normalized spacial score (nSPS) is 31.3. The average Bonchev–Trinajstić information content (AvgIpc) is 3.38. The largest absolute Gasteiger partial charge is 0.394 e. The van der Waals surface area contributed by atoms with E-state index < -0.39 is 17.4 Å². The van der Waals surface area contributed by atoms with Gasteiger partial charge < -0.3 is 24.6 Å². The van der Waals surface area contributed by atoms with Crippen molar-refractivity contribution in [1.29, 1.82) is 0 Å². The number of aliphatic hydroxyl groups excluding tert-OH is 1. The average molecular weight is 510 g/mol. The predicted octanol–water partition coefficient (Wildman–Crippen LogP) is 3.50. The summed E-state index contributed by atoms with van der Waals surface area (Å²) < 4.78 is 46.9. The fourth-order valence-corrected chi connectivity index (χ4v) is 5.50. The Hall–Kier alpha value is -2.31. The van der Waals surface area contributed by atoms with Crippen LogP contribution in [0.2, 0.25) is 5.28 Å². The molecule has 188 valence electrons. The van der Waals surface area contributed by atoms with Crippen LogP contribution in [0.15, 0.2) is 18.2 Å². The van der Waals surface area contributed by atoms with E-state index in [1.807, 2.05) is 18.5 Å². The smallest absolute Gasteiger partial charge is 0.226 e. The van der Waals surface area contributed by atoms with E-state index in [0.717, 1.165) is 18.1 Å². The SMILES string of the molecule is CC1(C)O[C@@H]2[C@H](O1)[C@@H](OCCO)C[C@H]2n1[nH]c2c(N[C@@H]3C[C@H]3c3ccc(F)c(F)c3)nc(Cl)nc21. The van der Waals surface area contributed by atoms with Crippen LogP contribution in [0.3, 0.4) is 0 Å². The van der Waals surface area contributed by atoms with E-state index in [1.54, 1.807) is 6.07 Å². The van der Waals surface area contributed by atoms with E-state index in [9.17, 15) is 13.9 Å². The van der Waals surface area contributed by atoms with Crippen molar-refractivity contribution < 1.29 is 28.1 Å². The van der Waals surface area contributed by atoms with Gasteiger partial charge in [-0.05, 0) is 49.6 Å². The van der Waals surface area contributed by atoms with Gasteiger partial charge in [0.2, 0.25) is 5.28 Å². The Kier molecular flexibility index (Phi) is 5.53. The van der Waals surface area contributed by atoms with E-state index in [-0.39, 0.29) is 54.8 Å². The lowest BCUT2D eigenvalue weighted by Crippen LogP contribution is -2.32. The third-order valence-corrected chi connectivity index (χ3v) is 7.11. The Morgan fingerprint density at radius 3 is 2.80 bits per heavy atom. The van der Waals surface area contributed by atoms with Gasteiger partial charge in [-0.25, -0.2) is 8.78 Å². The molecule has 3 heterocycles. The molecule has 3 aromatic rings. The van der Waals surface area contributed by atoms with Crippen LogP contribution in [0.1, 0.15) is 44.2 Å². The number of ether oxygens (including phenoxy) is 3. The lowest BCUT2D eigenvalue weighted by Gasteiger charge is -2.28. The number of H-pyrrole nitrogens is 1. The van der Waals surface area contributed by atoms with Crippen LogP contribution in [-0.2, 0) is 14.2 Å². The molecule has 3 fully saturated rings. The number of aliphatic hydroxyl groups is 1. The van der Waals surface area contributed by atoms with Crippen molar-refractivity contribution >= 4 is 28.6 Å². The van der Waals surface area contributed by atoms with E-state index in [2.05, 4.69) is 20.4 Å². The second-order valence-corrected chi connectivity index (χ2v) is 10.1.